The van der Waals surface area contributed by atoms with Crippen LogP contribution in [0.1, 0.15) is 11.4 Å². The van der Waals surface area contributed by atoms with Crippen LogP contribution in [0.15, 0.2) is 53.7 Å². The zero-order valence-electron chi connectivity index (χ0n) is 12.2. The van der Waals surface area contributed by atoms with Gasteiger partial charge in [0.15, 0.2) is 11.5 Å². The Balaban J connectivity index is 2.17. The summed E-state index contributed by atoms with van der Waals surface area (Å²) in [6.07, 6.45) is -1.36. The van der Waals surface area contributed by atoms with Gasteiger partial charge in [-0.1, -0.05) is 30.3 Å². The van der Waals surface area contributed by atoms with Crippen LogP contribution in [0.4, 0.5) is 19.0 Å². The molecule has 0 spiro atoms. The van der Waals surface area contributed by atoms with Gasteiger partial charge in [0.05, 0.1) is 17.5 Å². The molecule has 0 atom stereocenters. The molecule has 0 bridgehead atoms. The lowest BCUT2D eigenvalue weighted by atomic mass is 10.1. The topological polar surface area (TPSA) is 46.0 Å². The van der Waals surface area contributed by atoms with E-state index in [1.54, 1.807) is 48.7 Å². The number of hydrogen-bond acceptors (Lipinski definition) is 2. The van der Waals surface area contributed by atoms with E-state index in [0.717, 1.165) is 4.68 Å². The van der Waals surface area contributed by atoms with E-state index in [1.165, 1.54) is 13.3 Å². The molecule has 0 aliphatic heterocycles. The maximum Gasteiger partial charge on any atom is 0.435 e. The second-order valence-electron chi connectivity index (χ2n) is 4.92. The normalized spacial score (nSPS) is 12.2. The second kappa shape index (κ2) is 5.75. The molecule has 23 heavy (non-hydrogen) atoms. The molecule has 1 N–H and O–H groups in total. The molecule has 118 valence electrons. The SMILES string of the molecule is Cn1nc(C(F)(F)F)c(-c2ccccc2)c1/N=C/c1ccc[nH]1. The highest BCUT2D eigenvalue weighted by Crippen LogP contribution is 2.41. The Bertz CT molecular complexity index is 815. The highest BCUT2D eigenvalue weighted by molar-refractivity contribution is 5.84. The Morgan fingerprint density at radius 3 is 2.48 bits per heavy atom. The molecule has 2 aromatic heterocycles. The Morgan fingerprint density at radius 1 is 1.13 bits per heavy atom. The van der Waals surface area contributed by atoms with Crippen LogP contribution in [0.25, 0.3) is 11.1 Å². The number of H-pyrrole nitrogens is 1. The van der Waals surface area contributed by atoms with Crippen LogP contribution in [-0.4, -0.2) is 21.0 Å². The van der Waals surface area contributed by atoms with Crippen LogP contribution in [0, 0.1) is 0 Å². The molecule has 0 fully saturated rings. The molecule has 0 unspecified atom stereocenters. The van der Waals surface area contributed by atoms with Gasteiger partial charge >= 0.3 is 6.18 Å². The van der Waals surface area contributed by atoms with Crippen molar-refractivity contribution in [3.8, 4) is 11.1 Å². The minimum atomic E-state index is -4.55. The molecule has 0 aliphatic carbocycles. The largest absolute Gasteiger partial charge is 0.435 e. The summed E-state index contributed by atoms with van der Waals surface area (Å²) in [6.45, 7) is 0. The fourth-order valence-electron chi connectivity index (χ4n) is 2.29. The maximum atomic E-state index is 13.3. The van der Waals surface area contributed by atoms with Crippen molar-refractivity contribution >= 4 is 12.0 Å². The summed E-state index contributed by atoms with van der Waals surface area (Å²) < 4.78 is 41.1. The van der Waals surface area contributed by atoms with Crippen molar-refractivity contribution in [1.82, 2.24) is 14.8 Å². The molecular formula is C16H13F3N4. The predicted octanol–water partition coefficient (Wildman–Crippen LogP) is 4.18. The lowest BCUT2D eigenvalue weighted by Crippen LogP contribution is -2.08. The van der Waals surface area contributed by atoms with E-state index < -0.39 is 11.9 Å². The van der Waals surface area contributed by atoms with E-state index in [0.29, 0.717) is 11.3 Å². The molecule has 0 radical (unpaired) electrons. The van der Waals surface area contributed by atoms with Crippen LogP contribution >= 0.6 is 0 Å². The van der Waals surface area contributed by atoms with Crippen LogP contribution < -0.4 is 0 Å². The van der Waals surface area contributed by atoms with Crippen molar-refractivity contribution in [3.63, 3.8) is 0 Å². The molecule has 4 nitrogen and oxygen atoms in total. The molecule has 7 heteroatoms. The standard InChI is InChI=1S/C16H13F3N4/c1-23-15(21-10-12-8-5-9-20-12)13(11-6-3-2-4-7-11)14(22-23)16(17,18)19/h2-10,20H,1H3/b21-10+. The zero-order chi connectivity index (χ0) is 16.4. The van der Waals surface area contributed by atoms with E-state index in [9.17, 15) is 13.2 Å². The van der Waals surface area contributed by atoms with Crippen molar-refractivity contribution in [2.24, 2.45) is 12.0 Å². The lowest BCUT2D eigenvalue weighted by molar-refractivity contribution is -0.140. The van der Waals surface area contributed by atoms with E-state index in [1.807, 2.05) is 0 Å². The summed E-state index contributed by atoms with van der Waals surface area (Å²) in [5.41, 5.74) is 0.151. The van der Waals surface area contributed by atoms with Gasteiger partial charge in [-0.25, -0.2) is 9.67 Å². The average Bonchev–Trinajstić information content (AvgIpc) is 3.13. The van der Waals surface area contributed by atoms with Gasteiger partial charge < -0.3 is 4.98 Å². The number of rotatable bonds is 3. The van der Waals surface area contributed by atoms with Crippen molar-refractivity contribution in [1.29, 1.82) is 0 Å². The summed E-state index contributed by atoms with van der Waals surface area (Å²) in [4.78, 5) is 7.12. The van der Waals surface area contributed by atoms with Gasteiger partial charge in [0.25, 0.3) is 0 Å². The molecule has 2 heterocycles. The fourth-order valence-corrected chi connectivity index (χ4v) is 2.29. The molecule has 3 aromatic rings. The highest BCUT2D eigenvalue weighted by atomic mass is 19.4. The Kier molecular flexibility index (Phi) is 3.77. The van der Waals surface area contributed by atoms with Crippen molar-refractivity contribution in [2.45, 2.75) is 6.18 Å². The third-order valence-electron chi connectivity index (χ3n) is 3.30. The smallest absolute Gasteiger partial charge is 0.360 e. The number of aryl methyl sites for hydroxylation is 1. The van der Waals surface area contributed by atoms with Gasteiger partial charge in [-0.3, -0.25) is 0 Å². The number of nitrogens with zero attached hydrogens (tertiary/aromatic N) is 3. The molecule has 0 saturated carbocycles. The number of aromatic amines is 1. The van der Waals surface area contributed by atoms with Crippen molar-refractivity contribution in [2.75, 3.05) is 0 Å². The summed E-state index contributed by atoms with van der Waals surface area (Å²) >= 11 is 0. The van der Waals surface area contributed by atoms with Crippen LogP contribution in [0.5, 0.6) is 0 Å². The molecular weight excluding hydrogens is 305 g/mol. The third kappa shape index (κ3) is 3.03. The van der Waals surface area contributed by atoms with E-state index in [2.05, 4.69) is 15.1 Å². The summed E-state index contributed by atoms with van der Waals surface area (Å²) in [6, 6.07) is 11.9. The van der Waals surface area contributed by atoms with Crippen LogP contribution in [0.2, 0.25) is 0 Å². The first kappa shape index (κ1) is 15.1. The average molecular weight is 318 g/mol. The summed E-state index contributed by atoms with van der Waals surface area (Å²) in [5.74, 6) is 0.151. The number of halogens is 3. The zero-order valence-corrected chi connectivity index (χ0v) is 12.2. The van der Waals surface area contributed by atoms with Gasteiger partial charge in [0.1, 0.15) is 0 Å². The van der Waals surface area contributed by atoms with Gasteiger partial charge in [0.2, 0.25) is 0 Å². The van der Waals surface area contributed by atoms with Gasteiger partial charge in [-0.2, -0.15) is 18.3 Å². The Hall–Kier alpha value is -2.83. The third-order valence-corrected chi connectivity index (χ3v) is 3.30. The minimum absolute atomic E-state index is 0.0246. The van der Waals surface area contributed by atoms with Crippen LogP contribution in [0.3, 0.4) is 0 Å². The number of hydrogen-bond donors (Lipinski definition) is 1. The first-order valence-electron chi connectivity index (χ1n) is 6.84. The van der Waals surface area contributed by atoms with E-state index in [4.69, 9.17) is 0 Å². The van der Waals surface area contributed by atoms with Gasteiger partial charge in [0, 0.05) is 13.2 Å². The number of aliphatic imine (C=N–C) groups is 1. The second-order valence-corrected chi connectivity index (χ2v) is 4.92. The van der Waals surface area contributed by atoms with Gasteiger partial charge in [-0.05, 0) is 17.7 Å². The first-order valence-corrected chi connectivity index (χ1v) is 6.84. The number of alkyl halides is 3. The fraction of sp³-hybridized carbons (Fsp3) is 0.125. The summed E-state index contributed by atoms with van der Waals surface area (Å²) in [7, 11) is 1.45. The molecule has 0 amide bonds. The maximum absolute atomic E-state index is 13.3. The minimum Gasteiger partial charge on any atom is -0.360 e. The van der Waals surface area contributed by atoms with Crippen molar-refractivity contribution in [3.05, 3.63) is 60.0 Å². The van der Waals surface area contributed by atoms with E-state index >= 15 is 0 Å². The monoisotopic (exact) mass is 318 g/mol. The van der Waals surface area contributed by atoms with Crippen LogP contribution in [-0.2, 0) is 13.2 Å². The summed E-state index contributed by atoms with van der Waals surface area (Å²) in [5, 5.41) is 3.63. The molecule has 3 rings (SSSR count). The molecule has 1 aromatic carbocycles. The Labute approximate surface area is 130 Å². The van der Waals surface area contributed by atoms with Crippen molar-refractivity contribution < 1.29 is 13.2 Å². The quantitative estimate of drug-likeness (QED) is 0.723. The van der Waals surface area contributed by atoms with E-state index in [-0.39, 0.29) is 11.4 Å². The number of nitrogens with one attached hydrogen (secondary N) is 1. The number of benzene rings is 1. The molecule has 0 aliphatic rings. The Morgan fingerprint density at radius 2 is 1.87 bits per heavy atom. The number of aromatic nitrogens is 3. The van der Waals surface area contributed by atoms with Gasteiger partial charge in [-0.15, -0.1) is 0 Å². The molecule has 0 saturated heterocycles. The first-order chi connectivity index (χ1) is 11.0. The predicted molar refractivity (Wildman–Crippen MR) is 81.7 cm³/mol. The highest BCUT2D eigenvalue weighted by Gasteiger charge is 2.39. The lowest BCUT2D eigenvalue weighted by Gasteiger charge is -2.06.